The number of benzene rings is 3. The van der Waals surface area contributed by atoms with Crippen molar-refractivity contribution in [2.75, 3.05) is 4.90 Å². The lowest BCUT2D eigenvalue weighted by atomic mass is 9.85. The van der Waals surface area contributed by atoms with Gasteiger partial charge in [0.1, 0.15) is 6.04 Å². The van der Waals surface area contributed by atoms with Crippen molar-refractivity contribution < 1.29 is 24.1 Å². The van der Waals surface area contributed by atoms with Crippen molar-refractivity contribution in [3.8, 4) is 0 Å². The molecule has 3 aromatic carbocycles. The van der Waals surface area contributed by atoms with Crippen LogP contribution in [0.5, 0.6) is 0 Å². The Labute approximate surface area is 239 Å². The van der Waals surface area contributed by atoms with Crippen LogP contribution in [0.3, 0.4) is 0 Å². The molecule has 9 nitrogen and oxygen atoms in total. The van der Waals surface area contributed by atoms with E-state index in [1.54, 1.807) is 84.8 Å². The van der Waals surface area contributed by atoms with Crippen molar-refractivity contribution >= 4 is 46.4 Å². The Morgan fingerprint density at radius 2 is 1.59 bits per heavy atom. The van der Waals surface area contributed by atoms with Crippen LogP contribution in [-0.4, -0.2) is 45.3 Å². The second-order valence-corrected chi connectivity index (χ2v) is 10.6. The number of non-ortho nitro benzene ring substituents is 1. The van der Waals surface area contributed by atoms with E-state index in [9.17, 15) is 29.3 Å². The molecule has 0 saturated carbocycles. The summed E-state index contributed by atoms with van der Waals surface area (Å²) in [6.45, 7) is 1.65. The minimum Gasteiger partial charge on any atom is -0.359 e. The van der Waals surface area contributed by atoms with E-state index in [0.29, 0.717) is 27.3 Å². The van der Waals surface area contributed by atoms with Crippen molar-refractivity contribution in [3.05, 3.63) is 129 Å². The molecule has 2 saturated heterocycles. The van der Waals surface area contributed by atoms with Gasteiger partial charge in [-0.15, -0.1) is 0 Å². The molecule has 2 fully saturated rings. The molecular formula is C31H22ClN3O6. The maximum atomic E-state index is 14.0. The minimum absolute atomic E-state index is 0.101. The second kappa shape index (κ2) is 9.94. The summed E-state index contributed by atoms with van der Waals surface area (Å²) in [6, 6.07) is 17.1. The van der Waals surface area contributed by atoms with Gasteiger partial charge in [0.15, 0.2) is 11.6 Å². The van der Waals surface area contributed by atoms with E-state index in [1.807, 2.05) is 0 Å². The highest BCUT2D eigenvalue weighted by Gasteiger charge is 2.63. The first-order valence-electron chi connectivity index (χ1n) is 12.9. The standard InChI is InChI=1S/C31H22ClN3O6/c1-17-7-12-22(35(40)41)16-23(17)34-30(38)25-24-15-20(28(36)18-5-3-2-4-6-18)13-14-33(24)27(26(25)31(34)39)29(37)19-8-10-21(32)11-9-19/h2-16,24-27H,1H3/t24-,25-,26-,27+/m1/s1. The fourth-order valence-corrected chi connectivity index (χ4v) is 6.05. The van der Waals surface area contributed by atoms with Gasteiger partial charge in [0.25, 0.3) is 5.69 Å². The van der Waals surface area contributed by atoms with Gasteiger partial charge >= 0.3 is 0 Å². The number of nitro groups is 1. The Hall–Kier alpha value is -4.89. The van der Waals surface area contributed by atoms with Gasteiger partial charge in [-0.25, -0.2) is 4.90 Å². The highest BCUT2D eigenvalue weighted by atomic mass is 35.5. The molecule has 2 amide bonds. The molecule has 0 spiro atoms. The minimum atomic E-state index is -1.08. The lowest BCUT2D eigenvalue weighted by molar-refractivity contribution is -0.384. The second-order valence-electron chi connectivity index (χ2n) is 10.2. The van der Waals surface area contributed by atoms with E-state index < -0.39 is 40.7 Å². The summed E-state index contributed by atoms with van der Waals surface area (Å²) < 4.78 is 0. The fraction of sp³-hybridized carbons (Fsp3) is 0.161. The van der Waals surface area contributed by atoms with E-state index in [1.165, 1.54) is 18.2 Å². The number of ketones is 2. The molecule has 0 aliphatic carbocycles. The molecule has 0 aromatic heterocycles. The predicted octanol–water partition coefficient (Wildman–Crippen LogP) is 4.93. The van der Waals surface area contributed by atoms with Crippen LogP contribution in [-0.2, 0) is 9.59 Å². The largest absolute Gasteiger partial charge is 0.359 e. The van der Waals surface area contributed by atoms with E-state index in [4.69, 9.17) is 11.6 Å². The summed E-state index contributed by atoms with van der Waals surface area (Å²) in [5, 5.41) is 11.9. The number of nitrogens with zero attached hydrogens (tertiary/aromatic N) is 3. The van der Waals surface area contributed by atoms with Gasteiger partial charge in [0, 0.05) is 40.1 Å². The molecule has 41 heavy (non-hydrogen) atoms. The number of carbonyl (C=O) groups excluding carboxylic acids is 4. The third-order valence-corrected chi connectivity index (χ3v) is 8.14. The van der Waals surface area contributed by atoms with Gasteiger partial charge < -0.3 is 4.90 Å². The van der Waals surface area contributed by atoms with Gasteiger partial charge in [-0.3, -0.25) is 29.3 Å². The maximum absolute atomic E-state index is 14.0. The lowest BCUT2D eigenvalue weighted by Crippen LogP contribution is -2.46. The van der Waals surface area contributed by atoms with Gasteiger partial charge in [-0.05, 0) is 42.8 Å². The summed E-state index contributed by atoms with van der Waals surface area (Å²) in [5.74, 6) is -3.92. The number of hydrogen-bond acceptors (Lipinski definition) is 7. The molecule has 0 unspecified atom stereocenters. The van der Waals surface area contributed by atoms with Crippen LogP contribution >= 0.6 is 11.6 Å². The number of aryl methyl sites for hydroxylation is 1. The lowest BCUT2D eigenvalue weighted by Gasteiger charge is -2.33. The summed E-state index contributed by atoms with van der Waals surface area (Å²) in [6.07, 6.45) is 4.82. The molecule has 3 heterocycles. The number of fused-ring (bicyclic) bond motifs is 3. The third kappa shape index (κ3) is 4.25. The van der Waals surface area contributed by atoms with Gasteiger partial charge in [0.2, 0.25) is 11.8 Å². The molecule has 0 N–H and O–H groups in total. The Morgan fingerprint density at radius 3 is 2.27 bits per heavy atom. The molecule has 0 radical (unpaired) electrons. The first-order valence-corrected chi connectivity index (χ1v) is 13.2. The first kappa shape index (κ1) is 26.3. The Bertz CT molecular complexity index is 1700. The van der Waals surface area contributed by atoms with E-state index >= 15 is 0 Å². The van der Waals surface area contributed by atoms with Crippen molar-refractivity contribution in [2.24, 2.45) is 11.8 Å². The van der Waals surface area contributed by atoms with Crippen LogP contribution in [0.25, 0.3) is 0 Å². The van der Waals surface area contributed by atoms with Gasteiger partial charge in [0.05, 0.1) is 28.5 Å². The van der Waals surface area contributed by atoms with Crippen LogP contribution in [0, 0.1) is 28.9 Å². The molecular weight excluding hydrogens is 546 g/mol. The molecule has 3 aromatic rings. The molecule has 4 atom stereocenters. The van der Waals surface area contributed by atoms with E-state index in [0.717, 1.165) is 4.90 Å². The smallest absolute Gasteiger partial charge is 0.271 e. The fourth-order valence-electron chi connectivity index (χ4n) is 5.93. The predicted molar refractivity (Wildman–Crippen MR) is 150 cm³/mol. The van der Waals surface area contributed by atoms with Crippen molar-refractivity contribution in [1.29, 1.82) is 0 Å². The number of imide groups is 1. The van der Waals surface area contributed by atoms with Crippen molar-refractivity contribution in [2.45, 2.75) is 19.0 Å². The third-order valence-electron chi connectivity index (χ3n) is 7.89. The van der Waals surface area contributed by atoms with E-state index in [-0.39, 0.29) is 22.9 Å². The van der Waals surface area contributed by atoms with Crippen molar-refractivity contribution in [3.63, 3.8) is 0 Å². The zero-order valence-corrected chi connectivity index (χ0v) is 22.4. The van der Waals surface area contributed by atoms with E-state index in [2.05, 4.69) is 0 Å². The number of nitro benzene ring substituents is 1. The molecule has 0 bridgehead atoms. The number of hydrogen-bond donors (Lipinski definition) is 0. The average molecular weight is 568 g/mol. The molecule has 204 valence electrons. The highest BCUT2D eigenvalue weighted by molar-refractivity contribution is 6.30. The first-order chi connectivity index (χ1) is 19.7. The zero-order valence-electron chi connectivity index (χ0n) is 21.6. The van der Waals surface area contributed by atoms with Crippen LogP contribution in [0.1, 0.15) is 26.3 Å². The Balaban J connectivity index is 1.45. The van der Waals surface area contributed by atoms with Gasteiger partial charge in [-0.2, -0.15) is 0 Å². The zero-order chi connectivity index (χ0) is 29.0. The SMILES string of the molecule is Cc1ccc([N+](=O)[O-])cc1N1C(=O)[C@@H]2[C@H](C1=O)[C@H]1C=C(C(=O)c3ccccc3)C=CN1[C@@H]2C(=O)c1ccc(Cl)cc1. The van der Waals surface area contributed by atoms with Crippen molar-refractivity contribution in [1.82, 2.24) is 4.90 Å². The number of amides is 2. The van der Waals surface area contributed by atoms with Gasteiger partial charge in [-0.1, -0.05) is 54.1 Å². The molecule has 3 aliphatic heterocycles. The maximum Gasteiger partial charge on any atom is 0.271 e. The number of halogens is 1. The van der Waals surface area contributed by atoms with Crippen LogP contribution in [0.4, 0.5) is 11.4 Å². The Morgan fingerprint density at radius 1 is 0.902 bits per heavy atom. The van der Waals surface area contributed by atoms with Crippen LogP contribution < -0.4 is 4.90 Å². The molecule has 10 heteroatoms. The number of Topliss-reactive ketones (excluding diaryl/α,β-unsaturated/α-hetero) is 2. The summed E-state index contributed by atoms with van der Waals surface area (Å²) in [4.78, 5) is 68.8. The molecule has 3 aliphatic rings. The highest BCUT2D eigenvalue weighted by Crippen LogP contribution is 2.48. The van der Waals surface area contributed by atoms with Crippen LogP contribution in [0.15, 0.2) is 96.7 Å². The number of anilines is 1. The number of rotatable bonds is 6. The van der Waals surface area contributed by atoms with Crippen LogP contribution in [0.2, 0.25) is 5.02 Å². The average Bonchev–Trinajstić information content (AvgIpc) is 3.44. The summed E-state index contributed by atoms with van der Waals surface area (Å²) in [7, 11) is 0. The summed E-state index contributed by atoms with van der Waals surface area (Å²) in [5.41, 5.74) is 1.43. The quantitative estimate of drug-likeness (QED) is 0.179. The normalized spacial score (nSPS) is 22.8. The number of carbonyl (C=O) groups is 4. The monoisotopic (exact) mass is 567 g/mol. The topological polar surface area (TPSA) is 118 Å². The summed E-state index contributed by atoms with van der Waals surface area (Å²) >= 11 is 6.03. The Kier molecular flexibility index (Phi) is 6.38. The number of allylic oxidation sites excluding steroid dienone is 2. The molecule has 6 rings (SSSR count).